The van der Waals surface area contributed by atoms with E-state index in [-0.39, 0.29) is 12.7 Å². The van der Waals surface area contributed by atoms with Crippen molar-refractivity contribution in [3.63, 3.8) is 0 Å². The molecule has 2 saturated heterocycles. The Morgan fingerprint density at radius 1 is 1.58 bits per heavy atom. The standard InChI is InChI=1S/C9H17NO2/c11-5-8-4-9(7-12-8)2-1-3-10-6-9/h8,10-11H,1-7H2/t8-,9-/m0/s1. The summed E-state index contributed by atoms with van der Waals surface area (Å²) in [4.78, 5) is 0. The Morgan fingerprint density at radius 3 is 3.08 bits per heavy atom. The maximum Gasteiger partial charge on any atom is 0.0812 e. The van der Waals surface area contributed by atoms with Crippen molar-refractivity contribution in [2.45, 2.75) is 25.4 Å². The lowest BCUT2D eigenvalue weighted by Gasteiger charge is -2.32. The molecule has 0 saturated carbocycles. The van der Waals surface area contributed by atoms with Gasteiger partial charge in [-0.2, -0.15) is 0 Å². The molecule has 2 aliphatic rings. The third-order valence-corrected chi connectivity index (χ3v) is 3.05. The summed E-state index contributed by atoms with van der Waals surface area (Å²) in [7, 11) is 0. The van der Waals surface area contributed by atoms with Crippen LogP contribution >= 0.6 is 0 Å². The number of aliphatic hydroxyl groups excluding tert-OH is 1. The Balaban J connectivity index is 1.94. The zero-order valence-electron chi connectivity index (χ0n) is 7.38. The van der Waals surface area contributed by atoms with E-state index in [4.69, 9.17) is 9.84 Å². The molecule has 0 radical (unpaired) electrons. The lowest BCUT2D eigenvalue weighted by Crippen LogP contribution is -2.40. The van der Waals surface area contributed by atoms with Crippen LogP contribution in [0.5, 0.6) is 0 Å². The molecule has 3 heteroatoms. The Hall–Kier alpha value is -0.120. The van der Waals surface area contributed by atoms with Gasteiger partial charge in [-0.15, -0.1) is 0 Å². The zero-order chi connectivity index (χ0) is 8.44. The molecule has 2 atom stereocenters. The molecule has 12 heavy (non-hydrogen) atoms. The highest BCUT2D eigenvalue weighted by molar-refractivity contribution is 4.91. The van der Waals surface area contributed by atoms with E-state index >= 15 is 0 Å². The molecule has 2 aliphatic heterocycles. The summed E-state index contributed by atoms with van der Waals surface area (Å²) in [5.74, 6) is 0. The monoisotopic (exact) mass is 171 g/mol. The predicted molar refractivity (Wildman–Crippen MR) is 46.0 cm³/mol. The van der Waals surface area contributed by atoms with Gasteiger partial charge in [-0.05, 0) is 25.8 Å². The largest absolute Gasteiger partial charge is 0.394 e. The molecular weight excluding hydrogens is 154 g/mol. The summed E-state index contributed by atoms with van der Waals surface area (Å²) in [5, 5.41) is 12.3. The SMILES string of the molecule is OC[C@@H]1C[C@]2(CCCNC2)CO1. The third-order valence-electron chi connectivity index (χ3n) is 3.05. The summed E-state index contributed by atoms with van der Waals surface area (Å²) in [6, 6.07) is 0. The van der Waals surface area contributed by atoms with Crippen LogP contribution in [0.2, 0.25) is 0 Å². The normalized spacial score (nSPS) is 42.2. The van der Waals surface area contributed by atoms with Gasteiger partial charge >= 0.3 is 0 Å². The summed E-state index contributed by atoms with van der Waals surface area (Å²) in [6.07, 6.45) is 3.65. The van der Waals surface area contributed by atoms with Crippen molar-refractivity contribution in [1.29, 1.82) is 0 Å². The molecule has 0 aromatic carbocycles. The fraction of sp³-hybridized carbons (Fsp3) is 1.00. The van der Waals surface area contributed by atoms with Crippen LogP contribution in [-0.4, -0.2) is 37.5 Å². The lowest BCUT2D eigenvalue weighted by molar-refractivity contribution is 0.0506. The average molecular weight is 171 g/mol. The van der Waals surface area contributed by atoms with E-state index in [1.807, 2.05) is 0 Å². The van der Waals surface area contributed by atoms with Gasteiger partial charge in [0.1, 0.15) is 0 Å². The van der Waals surface area contributed by atoms with Crippen molar-refractivity contribution in [2.75, 3.05) is 26.3 Å². The van der Waals surface area contributed by atoms with Gasteiger partial charge in [0.05, 0.1) is 19.3 Å². The molecule has 2 N–H and O–H groups in total. The summed E-state index contributed by atoms with van der Waals surface area (Å²) in [5.41, 5.74) is 0.353. The summed E-state index contributed by atoms with van der Waals surface area (Å²) in [6.45, 7) is 3.24. The zero-order valence-corrected chi connectivity index (χ0v) is 7.38. The number of hydrogen-bond donors (Lipinski definition) is 2. The minimum absolute atomic E-state index is 0.102. The summed E-state index contributed by atoms with van der Waals surface area (Å²) < 4.78 is 5.51. The molecular formula is C9H17NO2. The molecule has 1 spiro atoms. The molecule has 0 bridgehead atoms. The molecule has 2 fully saturated rings. The number of ether oxygens (including phenoxy) is 1. The Bertz CT molecular complexity index is 155. The Labute approximate surface area is 73.1 Å². The molecule has 0 aromatic heterocycles. The van der Waals surface area contributed by atoms with Crippen LogP contribution < -0.4 is 5.32 Å². The molecule has 2 rings (SSSR count). The van der Waals surface area contributed by atoms with Crippen LogP contribution in [0.1, 0.15) is 19.3 Å². The first-order chi connectivity index (χ1) is 5.85. The van der Waals surface area contributed by atoms with Gasteiger partial charge in [0.2, 0.25) is 0 Å². The second kappa shape index (κ2) is 3.32. The maximum absolute atomic E-state index is 8.93. The third kappa shape index (κ3) is 1.49. The lowest BCUT2D eigenvalue weighted by atomic mass is 9.79. The molecule has 0 aliphatic carbocycles. The Morgan fingerprint density at radius 2 is 2.50 bits per heavy atom. The highest BCUT2D eigenvalue weighted by Crippen LogP contribution is 2.37. The number of piperidine rings is 1. The van der Waals surface area contributed by atoms with Crippen molar-refractivity contribution >= 4 is 0 Å². The van der Waals surface area contributed by atoms with Crippen LogP contribution in [0.4, 0.5) is 0 Å². The smallest absolute Gasteiger partial charge is 0.0812 e. The van der Waals surface area contributed by atoms with Crippen molar-refractivity contribution in [3.05, 3.63) is 0 Å². The first kappa shape index (κ1) is 8.48. The predicted octanol–water partition coefficient (Wildman–Crippen LogP) is 0.137. The molecule has 0 amide bonds. The second-order valence-electron chi connectivity index (χ2n) is 4.10. The number of nitrogens with one attached hydrogen (secondary N) is 1. The van der Waals surface area contributed by atoms with E-state index in [1.54, 1.807) is 0 Å². The number of hydrogen-bond acceptors (Lipinski definition) is 3. The average Bonchev–Trinajstić information content (AvgIpc) is 2.50. The van der Waals surface area contributed by atoms with Gasteiger partial charge in [-0.3, -0.25) is 0 Å². The van der Waals surface area contributed by atoms with Gasteiger partial charge in [0.15, 0.2) is 0 Å². The van der Waals surface area contributed by atoms with Crippen molar-refractivity contribution in [3.8, 4) is 0 Å². The highest BCUT2D eigenvalue weighted by Gasteiger charge is 2.40. The van der Waals surface area contributed by atoms with E-state index in [0.29, 0.717) is 5.41 Å². The Kier molecular flexibility index (Phi) is 2.35. The summed E-state index contributed by atoms with van der Waals surface area (Å²) >= 11 is 0. The molecule has 0 unspecified atom stereocenters. The first-order valence-electron chi connectivity index (χ1n) is 4.78. The molecule has 2 heterocycles. The number of rotatable bonds is 1. The van der Waals surface area contributed by atoms with Crippen molar-refractivity contribution in [2.24, 2.45) is 5.41 Å². The first-order valence-corrected chi connectivity index (χ1v) is 4.78. The molecule has 70 valence electrons. The van der Waals surface area contributed by atoms with Crippen molar-refractivity contribution < 1.29 is 9.84 Å². The molecule has 0 aromatic rings. The quantitative estimate of drug-likeness (QED) is 0.589. The number of aliphatic hydroxyl groups is 1. The highest BCUT2D eigenvalue weighted by atomic mass is 16.5. The van der Waals surface area contributed by atoms with E-state index < -0.39 is 0 Å². The fourth-order valence-electron chi connectivity index (χ4n) is 2.34. The van der Waals surface area contributed by atoms with Crippen LogP contribution in [-0.2, 0) is 4.74 Å². The topological polar surface area (TPSA) is 41.5 Å². The van der Waals surface area contributed by atoms with Crippen LogP contribution in [0.15, 0.2) is 0 Å². The maximum atomic E-state index is 8.93. The van der Waals surface area contributed by atoms with Crippen molar-refractivity contribution in [1.82, 2.24) is 5.32 Å². The van der Waals surface area contributed by atoms with Crippen LogP contribution in [0.25, 0.3) is 0 Å². The second-order valence-corrected chi connectivity index (χ2v) is 4.10. The van der Waals surface area contributed by atoms with E-state index in [1.165, 1.54) is 12.8 Å². The van der Waals surface area contributed by atoms with E-state index in [9.17, 15) is 0 Å². The van der Waals surface area contributed by atoms with Crippen LogP contribution in [0.3, 0.4) is 0 Å². The van der Waals surface area contributed by atoms with E-state index in [2.05, 4.69) is 5.32 Å². The van der Waals surface area contributed by atoms with Gasteiger partial charge in [-0.25, -0.2) is 0 Å². The molecule has 3 nitrogen and oxygen atoms in total. The fourth-order valence-corrected chi connectivity index (χ4v) is 2.34. The van der Waals surface area contributed by atoms with Crippen LogP contribution in [0, 0.1) is 5.41 Å². The van der Waals surface area contributed by atoms with Gasteiger partial charge < -0.3 is 15.2 Å². The van der Waals surface area contributed by atoms with E-state index in [0.717, 1.165) is 26.1 Å². The van der Waals surface area contributed by atoms with Gasteiger partial charge in [0.25, 0.3) is 0 Å². The minimum Gasteiger partial charge on any atom is -0.394 e. The van der Waals surface area contributed by atoms with Gasteiger partial charge in [0, 0.05) is 12.0 Å². The van der Waals surface area contributed by atoms with Gasteiger partial charge in [-0.1, -0.05) is 0 Å². The minimum atomic E-state index is 0.102.